The van der Waals surface area contributed by atoms with Crippen molar-refractivity contribution in [2.24, 2.45) is 0 Å². The van der Waals surface area contributed by atoms with Crippen LogP contribution in [-0.2, 0) is 4.79 Å². The predicted molar refractivity (Wildman–Crippen MR) is 47.1 cm³/mol. The van der Waals surface area contributed by atoms with E-state index in [1.165, 1.54) is 13.1 Å². The summed E-state index contributed by atoms with van der Waals surface area (Å²) in [7, 11) is 0.565. The fourth-order valence-electron chi connectivity index (χ4n) is 0.765. The van der Waals surface area contributed by atoms with Gasteiger partial charge in [0, 0.05) is 6.92 Å². The van der Waals surface area contributed by atoms with Gasteiger partial charge >= 0.3 is 7.69 Å². The van der Waals surface area contributed by atoms with E-state index in [0.29, 0.717) is 19.3 Å². The largest absolute Gasteiger partial charge is 0.569 e. The van der Waals surface area contributed by atoms with Gasteiger partial charge in [0.25, 0.3) is 0 Å². The zero-order valence-corrected chi connectivity index (χ0v) is 7.02. The van der Waals surface area contributed by atoms with E-state index in [-0.39, 0.29) is 5.91 Å². The van der Waals surface area contributed by atoms with Gasteiger partial charge in [-0.3, -0.25) is 4.79 Å². The first-order chi connectivity index (χ1) is 6.22. The molecule has 0 aliphatic rings. The molecule has 0 bridgehead atoms. The molecule has 6 heteroatoms. The van der Waals surface area contributed by atoms with E-state index in [1.807, 2.05) is 0 Å². The molecule has 1 heterocycles. The SMILES string of the molecule is CC(=O)Nc1ccc(O[B]O)cn1. The second-order valence-electron chi connectivity index (χ2n) is 2.28. The van der Waals surface area contributed by atoms with Gasteiger partial charge in [-0.15, -0.1) is 0 Å². The molecule has 13 heavy (non-hydrogen) atoms. The summed E-state index contributed by atoms with van der Waals surface area (Å²) in [5.41, 5.74) is 0. The van der Waals surface area contributed by atoms with Crippen molar-refractivity contribution in [1.82, 2.24) is 4.98 Å². The number of nitrogens with zero attached hydrogens (tertiary/aromatic N) is 1. The van der Waals surface area contributed by atoms with E-state index < -0.39 is 0 Å². The molecule has 0 unspecified atom stereocenters. The highest BCUT2D eigenvalue weighted by molar-refractivity contribution is 6.17. The number of amides is 1. The molecule has 0 spiro atoms. The van der Waals surface area contributed by atoms with Crippen LogP contribution >= 0.6 is 0 Å². The van der Waals surface area contributed by atoms with Crippen molar-refractivity contribution in [3.05, 3.63) is 18.3 Å². The highest BCUT2D eigenvalue weighted by atomic mass is 16.5. The first kappa shape index (κ1) is 9.53. The number of carbonyl (C=O) groups is 1. The van der Waals surface area contributed by atoms with Gasteiger partial charge in [-0.2, -0.15) is 0 Å². The third kappa shape index (κ3) is 3.12. The molecule has 1 radical (unpaired) electrons. The standard InChI is InChI=1S/C7H8BN2O3/c1-5(11)10-7-3-2-6(4-9-7)13-8-12/h2-4,12H,1H3,(H,9,10,11). The molecule has 0 aromatic carbocycles. The lowest BCUT2D eigenvalue weighted by Crippen LogP contribution is -2.07. The van der Waals surface area contributed by atoms with Crippen molar-refractivity contribution in [1.29, 1.82) is 0 Å². The van der Waals surface area contributed by atoms with Crippen molar-refractivity contribution in [3.8, 4) is 5.75 Å². The van der Waals surface area contributed by atoms with Crippen LogP contribution in [-0.4, -0.2) is 23.6 Å². The molecule has 1 rings (SSSR count). The highest BCUT2D eigenvalue weighted by Gasteiger charge is 1.98. The highest BCUT2D eigenvalue weighted by Crippen LogP contribution is 2.10. The molecule has 1 aromatic heterocycles. The normalized spacial score (nSPS) is 9.08. The van der Waals surface area contributed by atoms with E-state index in [4.69, 9.17) is 5.02 Å². The Bertz CT molecular complexity index is 288. The summed E-state index contributed by atoms with van der Waals surface area (Å²) in [5, 5.41) is 10.8. The number of aromatic nitrogens is 1. The van der Waals surface area contributed by atoms with Gasteiger partial charge in [0.1, 0.15) is 11.6 Å². The molecule has 0 fully saturated rings. The zero-order chi connectivity index (χ0) is 9.68. The van der Waals surface area contributed by atoms with E-state index in [2.05, 4.69) is 15.0 Å². The van der Waals surface area contributed by atoms with Crippen LogP contribution in [0.15, 0.2) is 18.3 Å². The van der Waals surface area contributed by atoms with Crippen LogP contribution in [0.3, 0.4) is 0 Å². The molecule has 67 valence electrons. The van der Waals surface area contributed by atoms with Gasteiger partial charge in [0.05, 0.1) is 6.20 Å². The van der Waals surface area contributed by atoms with Crippen LogP contribution in [0.2, 0.25) is 0 Å². The fourth-order valence-corrected chi connectivity index (χ4v) is 0.765. The maximum Gasteiger partial charge on any atom is 0.569 e. The molecule has 5 nitrogen and oxygen atoms in total. The quantitative estimate of drug-likeness (QED) is 0.637. The lowest BCUT2D eigenvalue weighted by molar-refractivity contribution is -0.114. The van der Waals surface area contributed by atoms with Crippen molar-refractivity contribution < 1.29 is 14.5 Å². The minimum absolute atomic E-state index is 0.185. The Morgan fingerprint density at radius 2 is 2.46 bits per heavy atom. The van der Waals surface area contributed by atoms with Gasteiger partial charge in [0.15, 0.2) is 0 Å². The van der Waals surface area contributed by atoms with Crippen molar-refractivity contribution >= 4 is 19.4 Å². The van der Waals surface area contributed by atoms with Crippen LogP contribution in [0, 0.1) is 0 Å². The monoisotopic (exact) mass is 179 g/mol. The summed E-state index contributed by atoms with van der Waals surface area (Å²) in [5.74, 6) is 0.657. The first-order valence-corrected chi connectivity index (χ1v) is 3.58. The molecule has 0 saturated carbocycles. The Hall–Kier alpha value is -1.56. The zero-order valence-electron chi connectivity index (χ0n) is 7.02. The Morgan fingerprint density at radius 1 is 1.69 bits per heavy atom. The first-order valence-electron chi connectivity index (χ1n) is 3.58. The number of pyridine rings is 1. The van der Waals surface area contributed by atoms with E-state index >= 15 is 0 Å². The number of hydrogen-bond donors (Lipinski definition) is 2. The number of nitrogens with one attached hydrogen (secondary N) is 1. The topological polar surface area (TPSA) is 71.5 Å². The Balaban J connectivity index is 2.64. The number of anilines is 1. The van der Waals surface area contributed by atoms with E-state index in [1.54, 1.807) is 12.1 Å². The Labute approximate surface area is 76.1 Å². The van der Waals surface area contributed by atoms with Gasteiger partial charge in [0.2, 0.25) is 5.91 Å². The van der Waals surface area contributed by atoms with Crippen molar-refractivity contribution in [3.63, 3.8) is 0 Å². The van der Waals surface area contributed by atoms with Gasteiger partial charge in [-0.1, -0.05) is 0 Å². The molecule has 0 aliphatic heterocycles. The fraction of sp³-hybridized carbons (Fsp3) is 0.143. The van der Waals surface area contributed by atoms with E-state index in [0.717, 1.165) is 0 Å². The minimum atomic E-state index is -0.185. The van der Waals surface area contributed by atoms with Crippen LogP contribution in [0.25, 0.3) is 0 Å². The Kier molecular flexibility index (Phi) is 3.27. The molecular weight excluding hydrogens is 171 g/mol. The average molecular weight is 179 g/mol. The van der Waals surface area contributed by atoms with E-state index in [9.17, 15) is 4.79 Å². The van der Waals surface area contributed by atoms with Crippen molar-refractivity contribution in [2.75, 3.05) is 5.32 Å². The average Bonchev–Trinajstić information content (AvgIpc) is 2.08. The molecule has 0 atom stereocenters. The summed E-state index contributed by atoms with van der Waals surface area (Å²) < 4.78 is 4.62. The minimum Gasteiger partial charge on any atom is -0.536 e. The molecule has 1 aromatic rings. The maximum atomic E-state index is 10.6. The maximum absolute atomic E-state index is 10.6. The third-order valence-corrected chi connectivity index (χ3v) is 1.23. The lowest BCUT2D eigenvalue weighted by atomic mass is 10.3. The predicted octanol–water partition coefficient (Wildman–Crippen LogP) is -0.0547. The number of carbonyl (C=O) groups excluding carboxylic acids is 1. The molecule has 2 N–H and O–H groups in total. The van der Waals surface area contributed by atoms with Gasteiger partial charge in [-0.05, 0) is 12.1 Å². The second kappa shape index (κ2) is 4.47. The van der Waals surface area contributed by atoms with Crippen LogP contribution in [0.1, 0.15) is 6.92 Å². The Morgan fingerprint density at radius 3 is 2.92 bits per heavy atom. The number of hydrogen-bond acceptors (Lipinski definition) is 4. The molecular formula is C7H8BN2O3. The molecule has 1 amide bonds. The molecule has 0 aliphatic carbocycles. The van der Waals surface area contributed by atoms with Gasteiger partial charge < -0.3 is 15.0 Å². The summed E-state index contributed by atoms with van der Waals surface area (Å²) in [6.45, 7) is 1.40. The summed E-state index contributed by atoms with van der Waals surface area (Å²) in [6.07, 6.45) is 1.39. The van der Waals surface area contributed by atoms with Crippen LogP contribution in [0.5, 0.6) is 5.75 Å². The summed E-state index contributed by atoms with van der Waals surface area (Å²) >= 11 is 0. The number of rotatable bonds is 3. The third-order valence-electron chi connectivity index (χ3n) is 1.23. The smallest absolute Gasteiger partial charge is 0.536 e. The second-order valence-corrected chi connectivity index (χ2v) is 2.28. The van der Waals surface area contributed by atoms with Crippen LogP contribution < -0.4 is 9.97 Å². The van der Waals surface area contributed by atoms with Crippen molar-refractivity contribution in [2.45, 2.75) is 6.92 Å². The van der Waals surface area contributed by atoms with Crippen LogP contribution in [0.4, 0.5) is 5.82 Å². The van der Waals surface area contributed by atoms with Gasteiger partial charge in [-0.25, -0.2) is 4.98 Å². The summed E-state index contributed by atoms with van der Waals surface area (Å²) in [6, 6.07) is 3.14. The summed E-state index contributed by atoms with van der Waals surface area (Å²) in [4.78, 5) is 14.4. The molecule has 0 saturated heterocycles. The lowest BCUT2D eigenvalue weighted by Gasteiger charge is -2.02.